The molecule has 0 heterocycles. The van der Waals surface area contributed by atoms with Crippen molar-refractivity contribution in [2.24, 2.45) is 0 Å². The van der Waals surface area contributed by atoms with Gasteiger partial charge in [-0.3, -0.25) is 0 Å². The molecule has 1 atom stereocenters. The van der Waals surface area contributed by atoms with Crippen molar-refractivity contribution in [3.63, 3.8) is 0 Å². The summed E-state index contributed by atoms with van der Waals surface area (Å²) >= 11 is 12.4. The number of alkyl halides is 1. The minimum absolute atomic E-state index is 0.152. The Kier molecular flexibility index (Phi) is 3.87. The molecule has 0 saturated carbocycles. The molecule has 81 valence electrons. The maximum Gasteiger partial charge on any atom is 0.0660 e. The van der Waals surface area contributed by atoms with Crippen molar-refractivity contribution in [2.45, 2.75) is 5.38 Å². The minimum atomic E-state index is -0.152. The van der Waals surface area contributed by atoms with E-state index in [4.69, 9.17) is 23.2 Å². The van der Waals surface area contributed by atoms with E-state index in [1.165, 1.54) is 0 Å². The van der Waals surface area contributed by atoms with Crippen molar-refractivity contribution >= 4 is 23.2 Å². The SMILES string of the molecule is Clc1ccccc1[CH]C(Cl)c1ccccc1. The highest BCUT2D eigenvalue weighted by molar-refractivity contribution is 6.31. The van der Waals surface area contributed by atoms with Gasteiger partial charge in [-0.05, 0) is 17.2 Å². The van der Waals surface area contributed by atoms with Gasteiger partial charge in [-0.25, -0.2) is 0 Å². The maximum atomic E-state index is 6.30. The molecule has 0 nitrogen and oxygen atoms in total. The Morgan fingerprint density at radius 1 is 0.875 bits per heavy atom. The highest BCUT2D eigenvalue weighted by Gasteiger charge is 2.10. The fourth-order valence-electron chi connectivity index (χ4n) is 1.50. The first-order valence-corrected chi connectivity index (χ1v) is 5.87. The van der Waals surface area contributed by atoms with Crippen molar-refractivity contribution in [3.05, 3.63) is 77.2 Å². The van der Waals surface area contributed by atoms with Crippen molar-refractivity contribution in [2.75, 3.05) is 0 Å². The van der Waals surface area contributed by atoms with Crippen LogP contribution in [-0.2, 0) is 0 Å². The van der Waals surface area contributed by atoms with E-state index in [9.17, 15) is 0 Å². The van der Waals surface area contributed by atoms with Crippen LogP contribution in [0.2, 0.25) is 5.02 Å². The van der Waals surface area contributed by atoms with E-state index < -0.39 is 0 Å². The van der Waals surface area contributed by atoms with Gasteiger partial charge in [-0.15, -0.1) is 11.6 Å². The summed E-state index contributed by atoms with van der Waals surface area (Å²) in [5, 5.41) is 0.574. The topological polar surface area (TPSA) is 0 Å². The van der Waals surface area contributed by atoms with E-state index in [-0.39, 0.29) is 5.38 Å². The first-order chi connectivity index (χ1) is 7.77. The molecule has 0 aromatic heterocycles. The Morgan fingerprint density at radius 3 is 2.19 bits per heavy atom. The normalized spacial score (nSPS) is 12.4. The average Bonchev–Trinajstić information content (AvgIpc) is 2.33. The second-order valence-electron chi connectivity index (χ2n) is 3.50. The van der Waals surface area contributed by atoms with Crippen LogP contribution in [0.25, 0.3) is 0 Å². The lowest BCUT2D eigenvalue weighted by molar-refractivity contribution is 1.12. The van der Waals surface area contributed by atoms with Crippen molar-refractivity contribution in [1.82, 2.24) is 0 Å². The largest absolute Gasteiger partial charge is 0.117 e. The van der Waals surface area contributed by atoms with Gasteiger partial charge in [0.15, 0.2) is 0 Å². The van der Waals surface area contributed by atoms with E-state index in [0.29, 0.717) is 0 Å². The van der Waals surface area contributed by atoms with Gasteiger partial charge in [0, 0.05) is 11.4 Å². The first kappa shape index (κ1) is 11.5. The fraction of sp³-hybridized carbons (Fsp3) is 0.0714. The van der Waals surface area contributed by atoms with Gasteiger partial charge < -0.3 is 0 Å². The summed E-state index contributed by atoms with van der Waals surface area (Å²) in [6.07, 6.45) is 1.96. The molecule has 0 bridgehead atoms. The highest BCUT2D eigenvalue weighted by Crippen LogP contribution is 2.29. The van der Waals surface area contributed by atoms with Crippen LogP contribution in [-0.4, -0.2) is 0 Å². The van der Waals surface area contributed by atoms with Crippen LogP contribution in [0.5, 0.6) is 0 Å². The first-order valence-electron chi connectivity index (χ1n) is 5.06. The van der Waals surface area contributed by atoms with Crippen LogP contribution < -0.4 is 0 Å². The molecule has 16 heavy (non-hydrogen) atoms. The summed E-state index contributed by atoms with van der Waals surface area (Å²) in [5.74, 6) is 0. The lowest BCUT2D eigenvalue weighted by Crippen LogP contribution is -1.93. The predicted molar refractivity (Wildman–Crippen MR) is 69.9 cm³/mol. The Bertz CT molecular complexity index is 451. The number of benzene rings is 2. The summed E-state index contributed by atoms with van der Waals surface area (Å²) in [5.41, 5.74) is 2.04. The standard InChI is InChI=1S/C14H11Cl2/c15-13-9-5-4-8-12(13)10-14(16)11-6-2-1-3-7-11/h1-10,14H. The summed E-state index contributed by atoms with van der Waals surface area (Å²) in [7, 11) is 0. The van der Waals surface area contributed by atoms with E-state index in [1.54, 1.807) is 0 Å². The zero-order valence-electron chi connectivity index (χ0n) is 8.61. The summed E-state index contributed by atoms with van der Waals surface area (Å²) < 4.78 is 0. The van der Waals surface area contributed by atoms with Crippen molar-refractivity contribution in [3.8, 4) is 0 Å². The van der Waals surface area contributed by atoms with E-state index in [0.717, 1.165) is 16.1 Å². The molecular weight excluding hydrogens is 239 g/mol. The molecule has 0 amide bonds. The predicted octanol–water partition coefficient (Wildman–Crippen LogP) is 4.87. The van der Waals surface area contributed by atoms with Crippen LogP contribution in [0, 0.1) is 6.42 Å². The van der Waals surface area contributed by atoms with Gasteiger partial charge in [0.25, 0.3) is 0 Å². The van der Waals surface area contributed by atoms with Gasteiger partial charge in [-0.2, -0.15) is 0 Å². The van der Waals surface area contributed by atoms with Crippen LogP contribution in [0.15, 0.2) is 54.6 Å². The molecule has 2 rings (SSSR count). The van der Waals surface area contributed by atoms with Gasteiger partial charge in [0.05, 0.1) is 5.38 Å². The molecule has 0 fully saturated rings. The number of hydrogen-bond donors (Lipinski definition) is 0. The third-order valence-electron chi connectivity index (χ3n) is 2.35. The van der Waals surface area contributed by atoms with Gasteiger partial charge >= 0.3 is 0 Å². The zero-order chi connectivity index (χ0) is 11.4. The second kappa shape index (κ2) is 5.38. The minimum Gasteiger partial charge on any atom is -0.117 e. The number of halogens is 2. The van der Waals surface area contributed by atoms with Gasteiger partial charge in [-0.1, -0.05) is 60.1 Å². The Balaban J connectivity index is 2.14. The molecule has 2 aromatic carbocycles. The van der Waals surface area contributed by atoms with Crippen molar-refractivity contribution in [1.29, 1.82) is 0 Å². The molecule has 1 unspecified atom stereocenters. The molecule has 0 aliphatic rings. The van der Waals surface area contributed by atoms with Gasteiger partial charge in [0.2, 0.25) is 0 Å². The zero-order valence-corrected chi connectivity index (χ0v) is 10.1. The third-order valence-corrected chi connectivity index (χ3v) is 3.07. The fourth-order valence-corrected chi connectivity index (χ4v) is 1.98. The van der Waals surface area contributed by atoms with Crippen LogP contribution in [0.1, 0.15) is 16.5 Å². The van der Waals surface area contributed by atoms with Gasteiger partial charge in [0.1, 0.15) is 0 Å². The maximum absolute atomic E-state index is 6.30. The van der Waals surface area contributed by atoms with Crippen LogP contribution in [0.3, 0.4) is 0 Å². The lowest BCUT2D eigenvalue weighted by Gasteiger charge is -2.10. The molecule has 2 aromatic rings. The van der Waals surface area contributed by atoms with Crippen LogP contribution >= 0.6 is 23.2 Å². The highest BCUT2D eigenvalue weighted by atomic mass is 35.5. The molecule has 0 aliphatic heterocycles. The Labute approximate surface area is 106 Å². The summed E-state index contributed by atoms with van der Waals surface area (Å²) in [4.78, 5) is 0. The number of rotatable bonds is 3. The quantitative estimate of drug-likeness (QED) is 0.681. The molecule has 0 aliphatic carbocycles. The Morgan fingerprint density at radius 2 is 1.50 bits per heavy atom. The van der Waals surface area contributed by atoms with E-state index in [1.807, 2.05) is 61.0 Å². The lowest BCUT2D eigenvalue weighted by atomic mass is 10.0. The molecule has 0 N–H and O–H groups in total. The monoisotopic (exact) mass is 249 g/mol. The molecule has 2 heteroatoms. The average molecular weight is 250 g/mol. The summed E-state index contributed by atoms with van der Waals surface area (Å²) in [6, 6.07) is 17.6. The molecule has 0 saturated heterocycles. The van der Waals surface area contributed by atoms with E-state index in [2.05, 4.69) is 0 Å². The molecular formula is C14H11Cl2. The second-order valence-corrected chi connectivity index (χ2v) is 4.38. The van der Waals surface area contributed by atoms with Crippen LogP contribution in [0.4, 0.5) is 0 Å². The Hall–Kier alpha value is -0.980. The molecule has 1 radical (unpaired) electrons. The third kappa shape index (κ3) is 2.78. The summed E-state index contributed by atoms with van der Waals surface area (Å²) in [6.45, 7) is 0. The van der Waals surface area contributed by atoms with E-state index >= 15 is 0 Å². The number of hydrogen-bond acceptors (Lipinski definition) is 0. The molecule has 0 spiro atoms. The van der Waals surface area contributed by atoms with Crippen molar-refractivity contribution < 1.29 is 0 Å². The smallest absolute Gasteiger partial charge is 0.0660 e.